The third-order valence-electron chi connectivity index (χ3n) is 12.0. The quantitative estimate of drug-likeness (QED) is 0.0202. The molecular weight excluding hydrogens is 2110 g/mol. The Bertz CT molecular complexity index is 5140. The van der Waals surface area contributed by atoms with Crippen LogP contribution in [0.2, 0.25) is 0 Å². The van der Waals surface area contributed by atoms with Gasteiger partial charge in [0.25, 0.3) is 0 Å². The first-order valence-electron chi connectivity index (χ1n) is 30.0. The average Bonchev–Trinajstić information content (AvgIpc) is 0.788. The fraction of sp³-hybridized carbons (Fsp3) is 0.115. The molecule has 0 aromatic heterocycles. The summed E-state index contributed by atoms with van der Waals surface area (Å²) in [5.41, 5.74) is -5.82. The van der Waals surface area contributed by atoms with Gasteiger partial charge in [0.1, 0.15) is 46.0 Å². The molecule has 0 unspecified atom stereocenters. The second kappa shape index (κ2) is 46.8. The minimum absolute atomic E-state index is 0. The zero-order valence-corrected chi connectivity index (χ0v) is 68.8. The van der Waals surface area contributed by atoms with Crippen LogP contribution in [0.25, 0.3) is 10.8 Å². The summed E-state index contributed by atoms with van der Waals surface area (Å²) in [5, 5.41) is 1.67. The van der Waals surface area contributed by atoms with Crippen molar-refractivity contribution in [1.29, 1.82) is 0 Å². The topological polar surface area (TPSA) is 224 Å². The molecule has 13 nitrogen and oxygen atoms in total. The summed E-state index contributed by atoms with van der Waals surface area (Å²) in [5.74, 6) is -12.0. The van der Waals surface area contributed by atoms with Gasteiger partial charge in [0.2, 0.25) is 0 Å². The third-order valence-corrected chi connectivity index (χ3v) is 16.7. The number of ether oxygens (including phenoxy) is 2. The second-order valence-electron chi connectivity index (χ2n) is 22.0. The molecule has 128 heavy (non-hydrogen) atoms. The van der Waals surface area contributed by atoms with Crippen molar-refractivity contribution in [2.45, 2.75) is 61.0 Å². The molecule has 720 valence electrons. The maximum atomic E-state index is 12.8. The van der Waals surface area contributed by atoms with E-state index in [0.717, 1.165) is 77.9 Å². The van der Waals surface area contributed by atoms with Crippen LogP contribution in [0.1, 0.15) is 48.5 Å². The molecule has 0 aliphatic carbocycles. The molecular formula is C61H39B4F43O13P2S4Sb-7. The first-order chi connectivity index (χ1) is 55.2. The van der Waals surface area contributed by atoms with Crippen LogP contribution in [0, 0.1) is 36.0 Å². The number of rotatable bonds is 8. The number of benzene rings is 9. The van der Waals surface area contributed by atoms with E-state index in [1.807, 2.05) is 19.1 Å². The summed E-state index contributed by atoms with van der Waals surface area (Å²) in [7, 11) is -31.2. The van der Waals surface area contributed by atoms with E-state index in [2.05, 4.69) is 17.3 Å². The second-order valence-corrected chi connectivity index (χ2v) is 35.6. The SMILES string of the molecule is COC(=O)c1cc(C(=O)OC)cc(S(=O)(=O)[O-])c1.Cc1ccc(S(=O)(=O)[O-])cc1.FB(F)F.FB(F)F.FC(F)(F)c1ccc([S+](c2ccccc2)c2ccc(C(F)(F)F)cc2)cc1.F[P-](F)(F)(F)(F)F.F[P-](F)(F)(F)(F)F.O=S(=O)([O-])c1ccc2ccccc2c1.[B]c1c(F)c(F)c(F)c(F)c1F.[B]c1cc(C(F)(F)F)cc(C(F)(F)F)c1.[F-].[F-].[F-].[F][Sb]([F])([F])([F])[F]. The maximum absolute atomic E-state index is 12.8. The van der Waals surface area contributed by atoms with Crippen molar-refractivity contribution in [3.05, 3.63) is 250 Å². The number of alkyl halides is 12. The van der Waals surface area contributed by atoms with E-state index in [0.29, 0.717) is 21.9 Å². The van der Waals surface area contributed by atoms with Gasteiger partial charge in [0.15, 0.2) is 43.8 Å². The molecule has 0 heterocycles. The summed E-state index contributed by atoms with van der Waals surface area (Å²) in [6, 6.07) is 39.5. The van der Waals surface area contributed by atoms with Crippen molar-refractivity contribution in [1.82, 2.24) is 0 Å². The van der Waals surface area contributed by atoms with Crippen LogP contribution < -0.4 is 25.0 Å². The normalized spacial score (nSPS) is 12.8. The summed E-state index contributed by atoms with van der Waals surface area (Å²) in [4.78, 5) is 23.5. The zero-order chi connectivity index (χ0) is 99.0. The molecule has 4 radical (unpaired) electrons. The van der Waals surface area contributed by atoms with Crippen LogP contribution in [0.5, 0.6) is 0 Å². The number of fused-ring (bicyclic) bond motifs is 1. The van der Waals surface area contributed by atoms with Crippen LogP contribution in [-0.2, 0) is 75.4 Å². The molecule has 0 atom stereocenters. The first kappa shape index (κ1) is 128. The van der Waals surface area contributed by atoms with Gasteiger partial charge in [-0.05, 0) is 132 Å². The van der Waals surface area contributed by atoms with E-state index in [1.54, 1.807) is 60.7 Å². The van der Waals surface area contributed by atoms with Crippen LogP contribution in [-0.4, -0.2) is 116 Å². The molecule has 0 bridgehead atoms. The van der Waals surface area contributed by atoms with Crippen molar-refractivity contribution < 1.29 is 237 Å². The molecule has 9 rings (SSSR count). The van der Waals surface area contributed by atoms with Crippen molar-refractivity contribution in [3.8, 4) is 0 Å². The van der Waals surface area contributed by atoms with E-state index in [-0.39, 0.29) is 41.1 Å². The Morgan fingerprint density at radius 2 is 0.625 bits per heavy atom. The molecule has 0 saturated carbocycles. The molecule has 0 N–H and O–H groups in total. The standard InChI is InChI=1S/C20H13F6S.C10H10O7S.C10H8O3S.C8H3BF6.C7H8O3S.C6BF5.2BF3.2F6P.8FH.Sb/c21-19(22,23)14-6-10-17(11-7-14)27(16-4-2-1-3-5-16)18-12-8-15(9-13-18)20(24,25)26;1-16-9(11)6-3-7(10(12)17-2)5-8(4-6)18(13,14)15;11-14(12,13)10-6-5-8-3-1-2-4-9(8)7-10;9-6-2-4(7(10,11)12)1-5(3-6)8(13,14)15;1-6-2-4-7(5-3-6)11(8,9)10;7-1-2(8)4(10)6(12)5(11)3(1)9;2*2-1(3)4;2*1-7(2,3,4,5)6;;;;;;;;;/h1-13H;3-5H,1-2H3,(H,13,14,15);1-7H,(H,11,12,13);1-3H;2-5H,1H3,(H,8,9,10);;;;;;8*1H;/q+1;;;;;;;;2*-1;;;;;;;;;+5/p-11. The zero-order valence-electron chi connectivity index (χ0n) is 61.2. The molecule has 0 amide bonds. The molecule has 9 aromatic rings. The van der Waals surface area contributed by atoms with Crippen LogP contribution >= 0.6 is 15.6 Å². The van der Waals surface area contributed by atoms with E-state index < -0.39 is 196 Å². The molecule has 9 aromatic carbocycles. The average molecular weight is 2150 g/mol. The van der Waals surface area contributed by atoms with Gasteiger partial charge in [0.05, 0.1) is 73.2 Å². The number of halogens is 43. The van der Waals surface area contributed by atoms with Crippen molar-refractivity contribution in [2.24, 2.45) is 0 Å². The van der Waals surface area contributed by atoms with E-state index in [4.69, 9.17) is 7.85 Å². The van der Waals surface area contributed by atoms with E-state index in [1.165, 1.54) is 48.5 Å². The van der Waals surface area contributed by atoms with Gasteiger partial charge in [-0.2, -0.15) is 52.7 Å². The molecule has 0 saturated heterocycles. The molecule has 0 fully saturated rings. The number of hydrogen-bond acceptors (Lipinski definition) is 13. The predicted molar refractivity (Wildman–Crippen MR) is 370 cm³/mol. The van der Waals surface area contributed by atoms with Crippen molar-refractivity contribution >= 4 is 142 Å². The Balaban J connectivity index is -0.000000451. The fourth-order valence-corrected chi connectivity index (χ4v) is 10.9. The van der Waals surface area contributed by atoms with Gasteiger partial charge in [-0.1, -0.05) is 83.8 Å². The molecule has 0 spiro atoms. The van der Waals surface area contributed by atoms with Crippen molar-refractivity contribution in [3.63, 3.8) is 0 Å². The number of aryl methyl sites for hydroxylation is 1. The van der Waals surface area contributed by atoms with Crippen molar-refractivity contribution in [2.75, 3.05) is 14.2 Å². The predicted octanol–water partition coefficient (Wildman–Crippen LogP) is 14.6. The van der Waals surface area contributed by atoms with Crippen LogP contribution in [0.4, 0.5) is 165 Å². The molecule has 67 heteroatoms. The van der Waals surface area contributed by atoms with E-state index in [9.17, 15) is 213 Å². The number of esters is 2. The number of methoxy groups -OCH3 is 2. The van der Waals surface area contributed by atoms with Gasteiger partial charge in [-0.15, -0.1) is 0 Å². The fourth-order valence-electron chi connectivity index (χ4n) is 7.37. The number of carbonyl (C=O) groups is 2. The third kappa shape index (κ3) is 59.4. The summed E-state index contributed by atoms with van der Waals surface area (Å²) in [6.07, 6.45) is -18.6. The summed E-state index contributed by atoms with van der Waals surface area (Å²) in [6.45, 7) is 1.82. The van der Waals surface area contributed by atoms with Gasteiger partial charge >= 0.3 is 152 Å². The Labute approximate surface area is 700 Å². The monoisotopic (exact) mass is 2150 g/mol. The Morgan fingerprint density at radius 3 is 0.898 bits per heavy atom. The van der Waals surface area contributed by atoms with Gasteiger partial charge in [-0.3, -0.25) is 25.9 Å². The Kier molecular flexibility index (Phi) is 46.7. The van der Waals surface area contributed by atoms with Crippen LogP contribution in [0.3, 0.4) is 0 Å². The molecule has 0 aliphatic heterocycles. The number of carbonyl (C=O) groups excluding carboxylic acids is 2. The van der Waals surface area contributed by atoms with Crippen LogP contribution in [0.15, 0.2) is 211 Å². The summed E-state index contributed by atoms with van der Waals surface area (Å²) < 4.78 is 541. The minimum atomic E-state index is -10.7. The van der Waals surface area contributed by atoms with Gasteiger partial charge in [-0.25, -0.2) is 56.8 Å². The Morgan fingerprint density at radius 1 is 0.367 bits per heavy atom. The Hall–Kier alpha value is -8.81. The number of hydrogen-bond donors (Lipinski definition) is 0. The van der Waals surface area contributed by atoms with Gasteiger partial charge < -0.3 is 37.2 Å². The summed E-state index contributed by atoms with van der Waals surface area (Å²) >= 11 is -9.19. The van der Waals surface area contributed by atoms with Gasteiger partial charge in [0, 0.05) is 0 Å². The van der Waals surface area contributed by atoms with E-state index >= 15 is 0 Å². The molecule has 0 aliphatic rings. The first-order valence-corrected chi connectivity index (χ1v) is 44.3.